The second kappa shape index (κ2) is 13.8. The monoisotopic (exact) mass is 878 g/mol. The zero-order valence-corrected chi connectivity index (χ0v) is 32.1. The zero-order valence-electron chi connectivity index (χ0n) is 29.2. The van der Waals surface area contributed by atoms with Crippen LogP contribution in [0.5, 0.6) is 11.5 Å². The number of aliphatic hydroxyl groups is 2. The summed E-state index contributed by atoms with van der Waals surface area (Å²) >= 11 is 8.16. The van der Waals surface area contributed by atoms with Crippen molar-refractivity contribution in [2.45, 2.75) is 24.7 Å². The van der Waals surface area contributed by atoms with Crippen LogP contribution in [0.25, 0.3) is 22.3 Å². The van der Waals surface area contributed by atoms with Crippen LogP contribution in [0.1, 0.15) is 29.7 Å². The van der Waals surface area contributed by atoms with Crippen LogP contribution < -0.4 is 47.3 Å². The molecule has 1 spiro atoms. The Morgan fingerprint density at radius 1 is 0.945 bits per heavy atom. The average molecular weight is 879 g/mol. The predicted molar refractivity (Wildman–Crippen MR) is 214 cm³/mol. The first-order chi connectivity index (χ1) is 26.4. The van der Waals surface area contributed by atoms with Gasteiger partial charge in [0.05, 0.1) is 45.3 Å². The summed E-state index contributed by atoms with van der Waals surface area (Å²) in [4.78, 5) is 79.8. The van der Waals surface area contributed by atoms with Crippen molar-refractivity contribution in [1.82, 2.24) is 9.88 Å². The standard InChI is InChI=1S/C39H32ClIN4O10/c1-54-24-16-23(46)26-27(32(24)47)34(49)29-28(33(26)48)36(51)39(37(29)52)7-6-21-30(39)35(50)25-22(31(21)41)15-19(43-38(25)53)17-42-55-13-3-8-44-9-11-45(12-10-44)20-5-2-4-18(40)14-20/h2,4-5,14-17,50-52H,3,6-13H2,1H3,(H,43,53)/t39-/m0/s1. The fraction of sp³-hybridized carbons (Fsp3) is 0.282. The van der Waals surface area contributed by atoms with Gasteiger partial charge in [-0.3, -0.25) is 28.9 Å². The number of aromatic nitrogens is 1. The van der Waals surface area contributed by atoms with Gasteiger partial charge in [0.1, 0.15) is 29.3 Å². The van der Waals surface area contributed by atoms with E-state index in [0.29, 0.717) is 31.8 Å². The number of aromatic amines is 1. The highest BCUT2D eigenvalue weighted by atomic mass is 127. The second-order valence-corrected chi connectivity index (χ2v) is 15.3. The van der Waals surface area contributed by atoms with Gasteiger partial charge < -0.3 is 34.8 Å². The number of hydrogen-bond acceptors (Lipinski definition) is 13. The van der Waals surface area contributed by atoms with Crippen molar-refractivity contribution in [2.24, 2.45) is 5.16 Å². The van der Waals surface area contributed by atoms with Crippen molar-refractivity contribution >= 4 is 68.4 Å². The maximum absolute atomic E-state index is 13.8. The number of phenolic OH excluding ortho intramolecular Hbond substituents is 1. The van der Waals surface area contributed by atoms with Crippen LogP contribution in [0.2, 0.25) is 5.02 Å². The third-order valence-corrected chi connectivity index (χ3v) is 12.4. The average Bonchev–Trinajstić information content (AvgIpc) is 3.68. The van der Waals surface area contributed by atoms with Crippen molar-refractivity contribution in [2.75, 3.05) is 51.3 Å². The van der Waals surface area contributed by atoms with Crippen molar-refractivity contribution < 1.29 is 24.9 Å². The van der Waals surface area contributed by atoms with E-state index in [0.717, 1.165) is 58.0 Å². The first kappa shape index (κ1) is 36.7. The summed E-state index contributed by atoms with van der Waals surface area (Å²) in [6, 6.07) is 10.2. The number of ether oxygens (including phenoxy) is 1. The lowest BCUT2D eigenvalue weighted by atomic mass is 9.78. The Hall–Kier alpha value is -5.26. The molecule has 4 aliphatic carbocycles. The van der Waals surface area contributed by atoms with E-state index in [1.54, 1.807) is 6.07 Å². The summed E-state index contributed by atoms with van der Waals surface area (Å²) in [5, 5.41) is 37.4. The number of methoxy groups -OCH3 is 1. The molecule has 0 amide bonds. The Balaban J connectivity index is 1.06. The Labute approximate surface area is 328 Å². The highest BCUT2D eigenvalue weighted by Crippen LogP contribution is 2.55. The Morgan fingerprint density at radius 2 is 1.65 bits per heavy atom. The molecule has 0 saturated carbocycles. The Bertz CT molecular complexity index is 2970. The smallest absolute Gasteiger partial charge is 0.260 e. The van der Waals surface area contributed by atoms with Gasteiger partial charge in [0.25, 0.3) is 5.56 Å². The van der Waals surface area contributed by atoms with E-state index in [2.05, 4.69) is 26.0 Å². The molecule has 16 heteroatoms. The number of hydrogen-bond donors (Lipinski definition) is 4. The number of halogens is 2. The number of benzene rings is 2. The predicted octanol–water partition coefficient (Wildman–Crippen LogP) is 1.33. The van der Waals surface area contributed by atoms with E-state index in [4.69, 9.17) is 21.2 Å². The number of H-pyrrole nitrogens is 1. The Kier molecular flexibility index (Phi) is 9.20. The van der Waals surface area contributed by atoms with Crippen molar-refractivity contribution in [3.05, 3.63) is 134 Å². The van der Waals surface area contributed by atoms with Gasteiger partial charge in [-0.1, -0.05) is 22.8 Å². The van der Waals surface area contributed by atoms with Gasteiger partial charge in [0, 0.05) is 64.0 Å². The fourth-order valence-electron chi connectivity index (χ4n) is 8.28. The number of pyridine rings is 1. The SMILES string of the molecule is COc1cc(=O)c2c(=O)c3c(c(=O)c=2c1=O)=C(O)[C@]1(CCc2c1c(O)c1c(=O)[nH]c(C=NOCCCN4CCN(c5cccc(Cl)c5)CC4)cc1c2I)C=3O. The summed E-state index contributed by atoms with van der Waals surface area (Å²) in [6.07, 6.45) is 2.16. The lowest BCUT2D eigenvalue weighted by Crippen LogP contribution is -2.51. The fourth-order valence-corrected chi connectivity index (χ4v) is 9.43. The van der Waals surface area contributed by atoms with Crippen molar-refractivity contribution in [3.8, 4) is 11.5 Å². The minimum Gasteiger partial charge on any atom is -0.510 e. The summed E-state index contributed by atoms with van der Waals surface area (Å²) < 4.78 is 5.46. The number of nitrogens with one attached hydrogen (secondary N) is 1. The van der Waals surface area contributed by atoms with Crippen LogP contribution in [0.4, 0.5) is 5.69 Å². The number of piperazine rings is 1. The van der Waals surface area contributed by atoms with E-state index in [-0.39, 0.29) is 23.8 Å². The molecule has 8 rings (SSSR count). The normalized spacial score (nSPS) is 18.3. The van der Waals surface area contributed by atoms with Gasteiger partial charge in [-0.2, -0.15) is 0 Å². The summed E-state index contributed by atoms with van der Waals surface area (Å²) in [5.74, 6) is -2.54. The molecule has 1 saturated heterocycles. The molecule has 1 atom stereocenters. The van der Waals surface area contributed by atoms with Gasteiger partial charge in [-0.25, -0.2) is 0 Å². The molecule has 2 aromatic carbocycles. The van der Waals surface area contributed by atoms with Crippen LogP contribution in [-0.2, 0) is 16.7 Å². The number of aliphatic hydroxyl groups excluding tert-OH is 2. The summed E-state index contributed by atoms with van der Waals surface area (Å²) in [6.45, 7) is 4.78. The maximum Gasteiger partial charge on any atom is 0.260 e. The number of oxime groups is 1. The van der Waals surface area contributed by atoms with Crippen LogP contribution in [0.15, 0.2) is 65.5 Å². The third-order valence-electron chi connectivity index (χ3n) is 10.9. The van der Waals surface area contributed by atoms with Gasteiger partial charge in [-0.15, -0.1) is 0 Å². The number of nitrogens with zero attached hydrogens (tertiary/aromatic N) is 3. The number of fused-ring (bicyclic) bond motifs is 4. The molecular formula is C39H32ClIN4O10. The molecule has 4 N–H and O–H groups in total. The quantitative estimate of drug-likeness (QED) is 0.0757. The number of anilines is 1. The molecule has 1 fully saturated rings. The van der Waals surface area contributed by atoms with Gasteiger partial charge in [-0.05, 0) is 71.7 Å². The number of rotatable bonds is 8. The lowest BCUT2D eigenvalue weighted by molar-refractivity contribution is 0.128. The molecule has 0 radical (unpaired) electrons. The first-order valence-electron chi connectivity index (χ1n) is 17.4. The molecule has 55 heavy (non-hydrogen) atoms. The van der Waals surface area contributed by atoms with Crippen LogP contribution >= 0.6 is 34.2 Å². The second-order valence-electron chi connectivity index (χ2n) is 13.8. The van der Waals surface area contributed by atoms with E-state index >= 15 is 0 Å². The molecular weight excluding hydrogens is 847 g/mol. The van der Waals surface area contributed by atoms with Gasteiger partial charge >= 0.3 is 0 Å². The molecule has 14 nitrogen and oxygen atoms in total. The Morgan fingerprint density at radius 3 is 2.35 bits per heavy atom. The molecule has 1 aromatic heterocycles. The maximum atomic E-state index is 13.8. The summed E-state index contributed by atoms with van der Waals surface area (Å²) in [5.41, 5.74) is -5.10. The number of phenols is 1. The minimum absolute atomic E-state index is 0.0538. The molecule has 1 aliphatic heterocycles. The molecule has 5 aliphatic rings. The van der Waals surface area contributed by atoms with Crippen molar-refractivity contribution in [3.63, 3.8) is 0 Å². The van der Waals surface area contributed by atoms with Crippen LogP contribution in [-0.4, -0.2) is 77.9 Å². The minimum atomic E-state index is -1.99. The van der Waals surface area contributed by atoms with E-state index in [1.165, 1.54) is 6.21 Å². The highest BCUT2D eigenvalue weighted by Gasteiger charge is 2.53. The first-order valence-corrected chi connectivity index (χ1v) is 18.9. The van der Waals surface area contributed by atoms with E-state index in [1.807, 2.05) is 40.8 Å². The molecule has 2 heterocycles. The highest BCUT2D eigenvalue weighted by molar-refractivity contribution is 14.1. The van der Waals surface area contributed by atoms with E-state index in [9.17, 15) is 39.3 Å². The van der Waals surface area contributed by atoms with Crippen LogP contribution in [0, 0.1) is 14.0 Å². The molecule has 282 valence electrons. The van der Waals surface area contributed by atoms with E-state index < -0.39 is 76.6 Å². The largest absolute Gasteiger partial charge is 0.510 e. The molecule has 0 unspecified atom stereocenters. The third kappa shape index (κ3) is 5.61. The van der Waals surface area contributed by atoms with Crippen molar-refractivity contribution in [1.29, 1.82) is 0 Å². The lowest BCUT2D eigenvalue weighted by Gasteiger charge is -2.36. The van der Waals surface area contributed by atoms with Crippen LogP contribution in [0.3, 0.4) is 0 Å². The van der Waals surface area contributed by atoms with Gasteiger partial charge in [0.15, 0.2) is 11.2 Å². The van der Waals surface area contributed by atoms with Gasteiger partial charge in [0.2, 0.25) is 16.3 Å². The zero-order chi connectivity index (χ0) is 38.9. The molecule has 0 bridgehead atoms. The summed E-state index contributed by atoms with van der Waals surface area (Å²) in [7, 11) is 1.13. The molecule has 3 aromatic rings. The number of aromatic hydroxyl groups is 1. The topological polar surface area (TPSA) is 199 Å².